The van der Waals surface area contributed by atoms with Crippen LogP contribution in [-0.4, -0.2) is 46.5 Å². The summed E-state index contributed by atoms with van der Waals surface area (Å²) in [4.78, 5) is 24.0. The lowest BCUT2D eigenvalue weighted by Crippen LogP contribution is -2.37. The van der Waals surface area contributed by atoms with Crippen LogP contribution in [0.25, 0.3) is 0 Å². The molecule has 1 fully saturated rings. The van der Waals surface area contributed by atoms with Crippen LogP contribution in [0.2, 0.25) is 0 Å². The lowest BCUT2D eigenvalue weighted by molar-refractivity contribution is -0.255. The second-order valence-corrected chi connectivity index (χ2v) is 7.47. The minimum atomic E-state index is -3.45. The van der Waals surface area contributed by atoms with Gasteiger partial charge in [-0.2, -0.15) is 8.78 Å². The van der Waals surface area contributed by atoms with Crippen molar-refractivity contribution in [3.63, 3.8) is 0 Å². The molecular weight excluding hydrogens is 392 g/mol. The molecule has 3 atom stereocenters. The Morgan fingerprint density at radius 1 is 1.37 bits per heavy atom. The minimum absolute atomic E-state index is 0.0232. The van der Waals surface area contributed by atoms with Crippen LogP contribution in [0.5, 0.6) is 0 Å². The first-order valence-electron chi connectivity index (χ1n) is 9.97. The Labute approximate surface area is 175 Å². The molecule has 0 aliphatic carbocycles. The summed E-state index contributed by atoms with van der Waals surface area (Å²) in [6.45, 7) is 3.81. The molecule has 2 rings (SSSR count). The van der Waals surface area contributed by atoms with Crippen molar-refractivity contribution in [1.29, 1.82) is 0 Å². The summed E-state index contributed by atoms with van der Waals surface area (Å²) in [6, 6.07) is 5.07. The number of aromatic carboxylic acids is 1. The van der Waals surface area contributed by atoms with E-state index in [2.05, 4.69) is 11.8 Å². The standard InChI is InChI=1S/C23H27F2NO4/c1-3-4-5-6-16(2)20(27)12-11-19-15-23(24,25)22(30)26(19)14-13-17-7-9-18(10-8-17)21(28)29/h7-12,16,19-20,27H,3,6,13-15H2,1-2H3,(H,28,29)/p-1/b12-11+/t16?,19-,20-/m0/s1. The van der Waals surface area contributed by atoms with Gasteiger partial charge in [0.05, 0.1) is 18.1 Å². The molecule has 1 N–H and O–H groups in total. The molecule has 0 spiro atoms. The van der Waals surface area contributed by atoms with Gasteiger partial charge in [-0.1, -0.05) is 50.3 Å². The molecule has 0 saturated carbocycles. The number of halogens is 2. The SMILES string of the molecule is CCC#CCC(C)[C@@H](O)/C=C/[C@H]1CC(F)(F)C(=O)N1CCc1ccc(C(=O)[O-])cc1. The van der Waals surface area contributed by atoms with E-state index in [0.717, 1.165) is 11.3 Å². The van der Waals surface area contributed by atoms with Gasteiger partial charge in [0.15, 0.2) is 0 Å². The number of carbonyl (C=O) groups excluding carboxylic acids is 2. The van der Waals surface area contributed by atoms with Crippen LogP contribution in [-0.2, 0) is 11.2 Å². The fourth-order valence-corrected chi connectivity index (χ4v) is 3.23. The Hall–Kier alpha value is -2.72. The Morgan fingerprint density at radius 2 is 2.03 bits per heavy atom. The first-order valence-corrected chi connectivity index (χ1v) is 9.97. The topological polar surface area (TPSA) is 80.7 Å². The van der Waals surface area contributed by atoms with Crippen LogP contribution >= 0.6 is 0 Å². The smallest absolute Gasteiger partial charge is 0.327 e. The number of hydrogen-bond acceptors (Lipinski definition) is 4. The molecule has 0 radical (unpaired) electrons. The Balaban J connectivity index is 2.04. The van der Waals surface area contributed by atoms with Gasteiger partial charge in [-0.15, -0.1) is 11.8 Å². The number of aliphatic hydroxyl groups excluding tert-OH is 1. The molecule has 7 heteroatoms. The number of hydrogen-bond donors (Lipinski definition) is 1. The number of alkyl halides is 2. The predicted octanol–water partition coefficient (Wildman–Crippen LogP) is 2.19. The molecule has 0 bridgehead atoms. The van der Waals surface area contributed by atoms with Gasteiger partial charge in [0.1, 0.15) is 0 Å². The number of amides is 1. The highest BCUT2D eigenvalue weighted by atomic mass is 19.3. The van der Waals surface area contributed by atoms with Crippen LogP contribution < -0.4 is 5.11 Å². The zero-order valence-electron chi connectivity index (χ0n) is 17.1. The van der Waals surface area contributed by atoms with Crippen LogP contribution in [0.4, 0.5) is 8.78 Å². The van der Waals surface area contributed by atoms with E-state index in [1.165, 1.54) is 24.3 Å². The van der Waals surface area contributed by atoms with Gasteiger partial charge in [-0.3, -0.25) is 4.79 Å². The maximum absolute atomic E-state index is 14.0. The average molecular weight is 418 g/mol. The normalized spacial score (nSPS) is 20.1. The van der Waals surface area contributed by atoms with Crippen molar-refractivity contribution in [3.05, 3.63) is 47.5 Å². The molecule has 1 saturated heterocycles. The van der Waals surface area contributed by atoms with Crippen LogP contribution in [0.3, 0.4) is 0 Å². The Morgan fingerprint density at radius 3 is 2.63 bits per heavy atom. The number of benzene rings is 1. The van der Waals surface area contributed by atoms with Crippen molar-refractivity contribution in [2.75, 3.05) is 6.54 Å². The Bertz CT molecular complexity index is 839. The summed E-state index contributed by atoms with van der Waals surface area (Å²) in [6.07, 6.45) is 2.95. The van der Waals surface area contributed by atoms with E-state index >= 15 is 0 Å². The summed E-state index contributed by atoms with van der Waals surface area (Å²) in [5, 5.41) is 21.0. The molecule has 1 amide bonds. The molecular formula is C23H26F2NO4-. The van der Waals surface area contributed by atoms with E-state index in [1.54, 1.807) is 12.1 Å². The maximum Gasteiger partial charge on any atom is 0.327 e. The summed E-state index contributed by atoms with van der Waals surface area (Å²) in [7, 11) is 0. The largest absolute Gasteiger partial charge is 0.545 e. The molecule has 162 valence electrons. The van der Waals surface area contributed by atoms with Gasteiger partial charge < -0.3 is 19.9 Å². The molecule has 30 heavy (non-hydrogen) atoms. The number of carboxylic acids is 1. The lowest BCUT2D eigenvalue weighted by Gasteiger charge is -2.22. The third-order valence-electron chi connectivity index (χ3n) is 5.11. The quantitative estimate of drug-likeness (QED) is 0.518. The van der Waals surface area contributed by atoms with E-state index in [-0.39, 0.29) is 18.0 Å². The summed E-state index contributed by atoms with van der Waals surface area (Å²) in [5.74, 6) is -0.263. The first kappa shape index (κ1) is 23.6. The van der Waals surface area contributed by atoms with Crippen LogP contribution in [0, 0.1) is 17.8 Å². The zero-order valence-corrected chi connectivity index (χ0v) is 17.1. The lowest BCUT2D eigenvalue weighted by atomic mass is 9.99. The van der Waals surface area contributed by atoms with Gasteiger partial charge in [-0.25, -0.2) is 0 Å². The third kappa shape index (κ3) is 6.14. The summed E-state index contributed by atoms with van der Waals surface area (Å²) < 4.78 is 28.0. The number of rotatable bonds is 8. The average Bonchev–Trinajstić information content (AvgIpc) is 2.93. The fourth-order valence-electron chi connectivity index (χ4n) is 3.23. The van der Waals surface area contributed by atoms with Crippen molar-refractivity contribution >= 4 is 11.9 Å². The van der Waals surface area contributed by atoms with Crippen molar-refractivity contribution in [2.45, 2.75) is 57.6 Å². The second kappa shape index (κ2) is 10.4. The van der Waals surface area contributed by atoms with Gasteiger partial charge in [-0.05, 0) is 23.5 Å². The van der Waals surface area contributed by atoms with Crippen molar-refractivity contribution in [3.8, 4) is 11.8 Å². The number of carboxylic acid groups (broad SMARTS) is 1. The van der Waals surface area contributed by atoms with Gasteiger partial charge in [0.2, 0.25) is 0 Å². The highest BCUT2D eigenvalue weighted by Gasteiger charge is 2.52. The first-order chi connectivity index (χ1) is 14.2. The van der Waals surface area contributed by atoms with Crippen molar-refractivity contribution in [1.82, 2.24) is 4.90 Å². The molecule has 1 heterocycles. The highest BCUT2D eigenvalue weighted by Crippen LogP contribution is 2.34. The van der Waals surface area contributed by atoms with E-state index < -0.39 is 36.4 Å². The van der Waals surface area contributed by atoms with E-state index in [0.29, 0.717) is 18.4 Å². The van der Waals surface area contributed by atoms with Crippen LogP contribution in [0.15, 0.2) is 36.4 Å². The second-order valence-electron chi connectivity index (χ2n) is 7.47. The molecule has 5 nitrogen and oxygen atoms in total. The van der Waals surface area contributed by atoms with Gasteiger partial charge in [0, 0.05) is 25.8 Å². The highest BCUT2D eigenvalue weighted by molar-refractivity contribution is 5.86. The fraction of sp³-hybridized carbons (Fsp3) is 0.478. The molecule has 1 aromatic rings. The molecule has 1 unspecified atom stereocenters. The number of carbonyl (C=O) groups is 2. The van der Waals surface area contributed by atoms with Crippen molar-refractivity contribution < 1.29 is 28.6 Å². The monoisotopic (exact) mass is 418 g/mol. The summed E-state index contributed by atoms with van der Waals surface area (Å²) in [5.41, 5.74) is 0.740. The summed E-state index contributed by atoms with van der Waals surface area (Å²) >= 11 is 0. The number of likely N-dealkylation sites (tertiary alicyclic amines) is 1. The van der Waals surface area contributed by atoms with E-state index in [1.807, 2.05) is 13.8 Å². The maximum atomic E-state index is 14.0. The molecule has 1 aliphatic rings. The molecule has 1 aromatic carbocycles. The Kier molecular flexibility index (Phi) is 8.13. The molecule has 1 aliphatic heterocycles. The minimum Gasteiger partial charge on any atom is -0.545 e. The zero-order chi connectivity index (χ0) is 22.3. The van der Waals surface area contributed by atoms with E-state index in [9.17, 15) is 28.6 Å². The third-order valence-corrected chi connectivity index (χ3v) is 5.11. The van der Waals surface area contributed by atoms with Crippen molar-refractivity contribution in [2.24, 2.45) is 5.92 Å². The number of nitrogens with zero attached hydrogens (tertiary/aromatic N) is 1. The predicted molar refractivity (Wildman–Crippen MR) is 107 cm³/mol. The number of aliphatic hydroxyl groups is 1. The van der Waals surface area contributed by atoms with Crippen LogP contribution in [0.1, 0.15) is 49.0 Å². The van der Waals surface area contributed by atoms with Gasteiger partial charge >= 0.3 is 5.92 Å². The molecule has 0 aromatic heterocycles. The van der Waals surface area contributed by atoms with Gasteiger partial charge in [0.25, 0.3) is 5.91 Å². The van der Waals surface area contributed by atoms with E-state index in [4.69, 9.17) is 0 Å².